The topological polar surface area (TPSA) is 83.1 Å². The normalized spacial score (nSPS) is 9.00. The lowest BCUT2D eigenvalue weighted by atomic mass is 10.2. The van der Waals surface area contributed by atoms with Gasteiger partial charge in [0.05, 0.1) is 5.56 Å². The molecule has 0 aliphatic heterocycles. The van der Waals surface area contributed by atoms with Crippen LogP contribution in [0.5, 0.6) is 0 Å². The first-order valence-electron chi connectivity index (χ1n) is 6.33. The van der Waals surface area contributed by atoms with Crippen LogP contribution >= 0.6 is 24.8 Å². The Morgan fingerprint density at radius 3 is 2.48 bits per heavy atom. The van der Waals surface area contributed by atoms with Crippen molar-refractivity contribution in [2.75, 3.05) is 26.7 Å². The summed E-state index contributed by atoms with van der Waals surface area (Å²) in [6.45, 7) is 1.67. The summed E-state index contributed by atoms with van der Waals surface area (Å²) < 4.78 is 0. The van der Waals surface area contributed by atoms with E-state index in [-0.39, 0.29) is 36.6 Å². The van der Waals surface area contributed by atoms with Gasteiger partial charge in [0, 0.05) is 31.9 Å². The average molecular weight is 337 g/mol. The highest BCUT2D eigenvalue weighted by Gasteiger charge is 2.04. The van der Waals surface area contributed by atoms with E-state index in [2.05, 4.69) is 20.9 Å². The molecule has 0 bridgehead atoms. The molecule has 0 atom stereocenters. The van der Waals surface area contributed by atoms with Gasteiger partial charge in [0.15, 0.2) is 0 Å². The van der Waals surface area contributed by atoms with E-state index in [1.165, 1.54) is 6.20 Å². The van der Waals surface area contributed by atoms with Gasteiger partial charge in [-0.15, -0.1) is 24.8 Å². The Morgan fingerprint density at radius 2 is 1.86 bits per heavy atom. The summed E-state index contributed by atoms with van der Waals surface area (Å²) >= 11 is 0. The Hall–Kier alpha value is -1.37. The molecule has 0 saturated heterocycles. The zero-order valence-electron chi connectivity index (χ0n) is 11.9. The predicted molar refractivity (Wildman–Crippen MR) is 87.2 cm³/mol. The smallest absolute Gasteiger partial charge is 0.252 e. The number of pyridine rings is 1. The van der Waals surface area contributed by atoms with E-state index in [4.69, 9.17) is 0 Å². The van der Waals surface area contributed by atoms with Crippen LogP contribution in [0.2, 0.25) is 0 Å². The number of nitrogens with one attached hydrogen (secondary N) is 3. The van der Waals surface area contributed by atoms with Crippen LogP contribution in [0.1, 0.15) is 23.2 Å². The van der Waals surface area contributed by atoms with Gasteiger partial charge < -0.3 is 16.0 Å². The summed E-state index contributed by atoms with van der Waals surface area (Å²) in [5.41, 5.74) is 0.517. The number of amides is 2. The maximum Gasteiger partial charge on any atom is 0.252 e. The van der Waals surface area contributed by atoms with Crippen molar-refractivity contribution in [1.29, 1.82) is 0 Å². The number of aromatic nitrogens is 1. The molecule has 1 aromatic heterocycles. The Kier molecular flexibility index (Phi) is 14.2. The van der Waals surface area contributed by atoms with Gasteiger partial charge in [-0.2, -0.15) is 0 Å². The number of carbonyl (C=O) groups is 2. The number of rotatable bonds is 8. The second kappa shape index (κ2) is 13.6. The van der Waals surface area contributed by atoms with E-state index in [0.717, 1.165) is 13.0 Å². The van der Waals surface area contributed by atoms with Crippen LogP contribution in [0.15, 0.2) is 24.5 Å². The van der Waals surface area contributed by atoms with Crippen LogP contribution in [-0.2, 0) is 4.79 Å². The van der Waals surface area contributed by atoms with Gasteiger partial charge in [-0.3, -0.25) is 14.6 Å². The zero-order chi connectivity index (χ0) is 13.9. The minimum atomic E-state index is -0.183. The van der Waals surface area contributed by atoms with Crippen LogP contribution in [0, 0.1) is 0 Å². The Bertz CT molecular complexity index is 404. The fourth-order valence-corrected chi connectivity index (χ4v) is 1.49. The molecule has 0 fully saturated rings. The maximum absolute atomic E-state index is 11.6. The molecule has 1 rings (SSSR count). The van der Waals surface area contributed by atoms with Crippen molar-refractivity contribution >= 4 is 36.6 Å². The molecule has 0 aliphatic carbocycles. The zero-order valence-corrected chi connectivity index (χ0v) is 13.6. The van der Waals surface area contributed by atoms with Crippen molar-refractivity contribution in [3.05, 3.63) is 30.1 Å². The van der Waals surface area contributed by atoms with Gasteiger partial charge in [0.2, 0.25) is 5.91 Å². The highest BCUT2D eigenvalue weighted by Crippen LogP contribution is 1.94. The van der Waals surface area contributed by atoms with E-state index >= 15 is 0 Å². The highest BCUT2D eigenvalue weighted by atomic mass is 35.5. The lowest BCUT2D eigenvalue weighted by Gasteiger charge is -2.07. The van der Waals surface area contributed by atoms with E-state index in [1.54, 1.807) is 18.3 Å². The first kappa shape index (κ1) is 21.9. The number of hydrogen-bond donors (Lipinski definition) is 3. The van der Waals surface area contributed by atoms with Crippen molar-refractivity contribution in [2.24, 2.45) is 0 Å². The van der Waals surface area contributed by atoms with Crippen LogP contribution < -0.4 is 16.0 Å². The molecule has 8 heteroatoms. The third-order valence-corrected chi connectivity index (χ3v) is 2.49. The van der Waals surface area contributed by atoms with Crippen molar-refractivity contribution in [3.63, 3.8) is 0 Å². The Labute approximate surface area is 137 Å². The molecule has 21 heavy (non-hydrogen) atoms. The Balaban J connectivity index is 0. The van der Waals surface area contributed by atoms with Crippen LogP contribution in [0.4, 0.5) is 0 Å². The fraction of sp³-hybridized carbons (Fsp3) is 0.462. The third kappa shape index (κ3) is 10.1. The van der Waals surface area contributed by atoms with Crippen molar-refractivity contribution in [3.8, 4) is 0 Å². The lowest BCUT2D eigenvalue weighted by Crippen LogP contribution is -2.34. The quantitative estimate of drug-likeness (QED) is 0.612. The summed E-state index contributed by atoms with van der Waals surface area (Å²) in [6.07, 6.45) is 4.43. The maximum atomic E-state index is 11.6. The van der Waals surface area contributed by atoms with E-state index < -0.39 is 0 Å². The molecule has 0 spiro atoms. The van der Waals surface area contributed by atoms with E-state index in [1.807, 2.05) is 7.05 Å². The van der Waals surface area contributed by atoms with Crippen molar-refractivity contribution in [1.82, 2.24) is 20.9 Å². The average Bonchev–Trinajstić information content (AvgIpc) is 2.44. The molecule has 0 radical (unpaired) electrons. The molecular weight excluding hydrogens is 315 g/mol. The third-order valence-electron chi connectivity index (χ3n) is 2.49. The monoisotopic (exact) mass is 336 g/mol. The highest BCUT2D eigenvalue weighted by molar-refractivity contribution is 5.93. The largest absolute Gasteiger partial charge is 0.354 e. The number of hydrogen-bond acceptors (Lipinski definition) is 4. The molecule has 0 aromatic carbocycles. The lowest BCUT2D eigenvalue weighted by molar-refractivity contribution is -0.121. The molecule has 3 N–H and O–H groups in total. The fourth-order valence-electron chi connectivity index (χ4n) is 1.49. The van der Waals surface area contributed by atoms with Crippen molar-refractivity contribution < 1.29 is 9.59 Å². The summed E-state index contributed by atoms with van der Waals surface area (Å²) in [6, 6.07) is 3.40. The van der Waals surface area contributed by atoms with Crippen LogP contribution in [-0.4, -0.2) is 43.5 Å². The molecule has 2 amide bonds. The molecule has 1 aromatic rings. The van der Waals surface area contributed by atoms with E-state index in [0.29, 0.717) is 25.1 Å². The molecule has 6 nitrogen and oxygen atoms in total. The van der Waals surface area contributed by atoms with Gasteiger partial charge in [0.1, 0.15) is 0 Å². The second-order valence-electron chi connectivity index (χ2n) is 4.05. The van der Waals surface area contributed by atoms with Gasteiger partial charge in [-0.05, 0) is 32.1 Å². The van der Waals surface area contributed by atoms with Crippen LogP contribution in [0.3, 0.4) is 0 Å². The molecule has 120 valence electrons. The van der Waals surface area contributed by atoms with Crippen LogP contribution in [0.25, 0.3) is 0 Å². The molecule has 0 unspecified atom stereocenters. The second-order valence-corrected chi connectivity index (χ2v) is 4.05. The molecule has 0 saturated carbocycles. The number of halogens is 2. The minimum Gasteiger partial charge on any atom is -0.354 e. The first-order valence-corrected chi connectivity index (χ1v) is 6.33. The SMILES string of the molecule is CNCCCC(=O)NCCNC(=O)c1cccnc1.Cl.Cl. The number of nitrogens with zero attached hydrogens (tertiary/aromatic N) is 1. The predicted octanol–water partition coefficient (Wildman–Crippen LogP) is 0.771. The summed E-state index contributed by atoms with van der Waals surface area (Å²) in [5.74, 6) is -0.177. The summed E-state index contributed by atoms with van der Waals surface area (Å²) in [5, 5.41) is 8.45. The van der Waals surface area contributed by atoms with E-state index in [9.17, 15) is 9.59 Å². The molecular formula is C13H22Cl2N4O2. The van der Waals surface area contributed by atoms with Gasteiger partial charge in [-0.25, -0.2) is 0 Å². The molecule has 0 aliphatic rings. The molecule has 1 heterocycles. The Morgan fingerprint density at radius 1 is 1.14 bits per heavy atom. The summed E-state index contributed by atoms with van der Waals surface area (Å²) in [7, 11) is 1.85. The van der Waals surface area contributed by atoms with Gasteiger partial charge in [-0.1, -0.05) is 0 Å². The standard InChI is InChI=1S/C13H20N4O2.2ClH/c1-14-6-3-5-12(18)16-8-9-17-13(19)11-4-2-7-15-10-11;;/h2,4,7,10,14H,3,5-6,8-9H2,1H3,(H,16,18)(H,17,19);2*1H. The first-order chi connectivity index (χ1) is 9.24. The minimum absolute atomic E-state index is 0. The van der Waals surface area contributed by atoms with Gasteiger partial charge in [0.25, 0.3) is 5.91 Å². The van der Waals surface area contributed by atoms with Gasteiger partial charge >= 0.3 is 0 Å². The van der Waals surface area contributed by atoms with Crippen molar-refractivity contribution in [2.45, 2.75) is 12.8 Å². The number of carbonyl (C=O) groups excluding carboxylic acids is 2. The summed E-state index contributed by atoms with van der Waals surface area (Å²) in [4.78, 5) is 26.9.